The fraction of sp³-hybridized carbons (Fsp3) is 0.522. The van der Waals surface area contributed by atoms with Crippen molar-refractivity contribution in [1.29, 1.82) is 0 Å². The molecule has 4 heterocycles. The average molecular weight is 538 g/mol. The van der Waals surface area contributed by atoms with Crippen molar-refractivity contribution < 1.29 is 32.2 Å². The lowest BCUT2D eigenvalue weighted by Crippen LogP contribution is -2.48. The summed E-state index contributed by atoms with van der Waals surface area (Å²) >= 11 is 0. The number of halogens is 1. The normalized spacial score (nSPS) is 19.9. The van der Waals surface area contributed by atoms with Crippen LogP contribution in [0.25, 0.3) is 0 Å². The van der Waals surface area contributed by atoms with Gasteiger partial charge in [-0.1, -0.05) is 0 Å². The van der Waals surface area contributed by atoms with E-state index in [1.54, 1.807) is 0 Å². The van der Waals surface area contributed by atoms with Crippen LogP contribution in [0.4, 0.5) is 4.39 Å². The maximum atomic E-state index is 14.4. The zero-order chi connectivity index (χ0) is 26.2. The summed E-state index contributed by atoms with van der Waals surface area (Å²) in [4.78, 5) is 30.0. The molecule has 1 amide bonds. The van der Waals surface area contributed by atoms with Gasteiger partial charge in [0.15, 0.2) is 5.69 Å². The molecule has 1 spiro atoms. The minimum absolute atomic E-state index is 0.187. The molecular formula is C23H28FN5O7S. The highest BCUT2D eigenvalue weighted by molar-refractivity contribution is 7.89. The number of carbonyl (C=O) groups excluding carboxylic acids is 1. The van der Waals surface area contributed by atoms with Gasteiger partial charge in [0.05, 0.1) is 18.0 Å². The number of benzene rings is 1. The molecule has 2 fully saturated rings. The summed E-state index contributed by atoms with van der Waals surface area (Å²) < 4.78 is 54.3. The topological polar surface area (TPSA) is 152 Å². The molecule has 3 aliphatic heterocycles. The number of fused-ring (bicyclic) bond motifs is 2. The van der Waals surface area contributed by atoms with Crippen LogP contribution in [-0.4, -0.2) is 79.3 Å². The van der Waals surface area contributed by atoms with Gasteiger partial charge in [0.25, 0.3) is 11.5 Å². The number of sulfonamides is 1. The molecule has 0 saturated carbocycles. The number of aromatic nitrogens is 2. The monoisotopic (exact) mass is 537 g/mol. The summed E-state index contributed by atoms with van der Waals surface area (Å²) in [6.07, 6.45) is 0.887. The van der Waals surface area contributed by atoms with E-state index < -0.39 is 44.4 Å². The van der Waals surface area contributed by atoms with Crippen LogP contribution in [0, 0.1) is 5.82 Å². The first-order chi connectivity index (χ1) is 17.7. The number of hydrogen-bond donors (Lipinski definition) is 3. The van der Waals surface area contributed by atoms with Crippen molar-refractivity contribution in [2.75, 3.05) is 46.0 Å². The van der Waals surface area contributed by atoms with Gasteiger partial charge < -0.3 is 25.2 Å². The second-order valence-electron chi connectivity index (χ2n) is 9.18. The van der Waals surface area contributed by atoms with Gasteiger partial charge >= 0.3 is 0 Å². The van der Waals surface area contributed by atoms with Crippen molar-refractivity contribution in [2.24, 2.45) is 0 Å². The Balaban J connectivity index is 1.39. The number of piperazine rings is 1. The molecule has 1 aromatic heterocycles. The summed E-state index contributed by atoms with van der Waals surface area (Å²) in [6.45, 7) is 2.51. The van der Waals surface area contributed by atoms with Crippen LogP contribution >= 0.6 is 0 Å². The third-order valence-corrected chi connectivity index (χ3v) is 8.74. The van der Waals surface area contributed by atoms with Gasteiger partial charge in [-0.25, -0.2) is 17.8 Å². The Kier molecular flexibility index (Phi) is 7.02. The molecule has 0 atom stereocenters. The van der Waals surface area contributed by atoms with E-state index in [9.17, 15) is 27.5 Å². The molecule has 0 bridgehead atoms. The maximum Gasteiger partial charge on any atom is 0.296 e. The van der Waals surface area contributed by atoms with E-state index in [1.807, 2.05) is 0 Å². The number of ether oxygens (including phenoxy) is 2. The molecule has 0 radical (unpaired) electrons. The largest absolute Gasteiger partial charge is 0.501 e. The lowest BCUT2D eigenvalue weighted by atomic mass is 9.91. The van der Waals surface area contributed by atoms with Crippen molar-refractivity contribution >= 4 is 15.9 Å². The van der Waals surface area contributed by atoms with Crippen molar-refractivity contribution in [3.8, 4) is 5.75 Å². The Labute approximate surface area is 212 Å². The zero-order valence-corrected chi connectivity index (χ0v) is 20.9. The molecule has 0 aliphatic carbocycles. The van der Waals surface area contributed by atoms with Gasteiger partial charge in [-0.2, -0.15) is 4.31 Å². The molecule has 12 nitrogen and oxygen atoms in total. The molecule has 3 N–H and O–H groups in total. The number of hydrogen-bond acceptors (Lipinski definition) is 9. The maximum absolute atomic E-state index is 14.4. The van der Waals surface area contributed by atoms with E-state index >= 15 is 0 Å². The van der Waals surface area contributed by atoms with E-state index in [0.717, 1.165) is 12.1 Å². The van der Waals surface area contributed by atoms with Gasteiger partial charge in [0, 0.05) is 58.8 Å². The Morgan fingerprint density at radius 3 is 2.62 bits per heavy atom. The van der Waals surface area contributed by atoms with Gasteiger partial charge in [-0.3, -0.25) is 14.2 Å². The van der Waals surface area contributed by atoms with Crippen LogP contribution < -0.4 is 16.2 Å². The molecule has 37 heavy (non-hydrogen) atoms. The molecule has 0 unspecified atom stereocenters. The predicted octanol–water partition coefficient (Wildman–Crippen LogP) is -0.352. The zero-order valence-electron chi connectivity index (χ0n) is 20.0. The van der Waals surface area contributed by atoms with E-state index in [0.29, 0.717) is 39.1 Å². The first-order valence-corrected chi connectivity index (χ1v) is 13.5. The molecule has 2 aromatic rings. The Bertz CT molecular complexity index is 1370. The number of nitrogens with zero attached hydrogens (tertiary/aromatic N) is 3. The molecule has 1 aromatic carbocycles. The van der Waals surface area contributed by atoms with Crippen LogP contribution in [0.2, 0.25) is 0 Å². The van der Waals surface area contributed by atoms with E-state index in [4.69, 9.17) is 9.47 Å². The predicted molar refractivity (Wildman–Crippen MR) is 127 cm³/mol. The second kappa shape index (κ2) is 10.1. The highest BCUT2D eigenvalue weighted by Gasteiger charge is 2.43. The van der Waals surface area contributed by atoms with E-state index in [1.165, 1.54) is 14.9 Å². The Hall–Kier alpha value is -2.91. The average Bonchev–Trinajstić information content (AvgIpc) is 2.90. The Morgan fingerprint density at radius 2 is 1.89 bits per heavy atom. The third kappa shape index (κ3) is 4.86. The standard InChI is InChI=1S/C23H28FN5O7S/c24-16-11-15(12-17(13-16)37(33,34)28-5-3-25-4-6-28)14-26-20(31)18-19(30)21(32)29-7-10-36-23(22(29)27-18)1-8-35-9-2-23/h11-13,25,30H,1-10,14H2,(H,26,31). The molecule has 3 aliphatic rings. The number of nitrogens with one attached hydrogen (secondary N) is 2. The van der Waals surface area contributed by atoms with Crippen LogP contribution in [0.15, 0.2) is 27.9 Å². The summed E-state index contributed by atoms with van der Waals surface area (Å²) in [5.74, 6) is -2.18. The van der Waals surface area contributed by atoms with Gasteiger partial charge in [-0.15, -0.1) is 0 Å². The fourth-order valence-corrected chi connectivity index (χ4v) is 6.42. The summed E-state index contributed by atoms with van der Waals surface area (Å²) in [5, 5.41) is 16.0. The quantitative estimate of drug-likeness (QED) is 0.465. The molecule has 200 valence electrons. The number of carbonyl (C=O) groups is 1. The molecular weight excluding hydrogens is 509 g/mol. The van der Waals surface area contributed by atoms with Crippen molar-refractivity contribution in [1.82, 2.24) is 24.5 Å². The first kappa shape index (κ1) is 25.7. The van der Waals surface area contributed by atoms with E-state index in [-0.39, 0.29) is 49.1 Å². The van der Waals surface area contributed by atoms with Crippen LogP contribution in [-0.2, 0) is 38.2 Å². The molecule has 5 rings (SSSR count). The summed E-state index contributed by atoms with van der Waals surface area (Å²) in [7, 11) is -3.92. The van der Waals surface area contributed by atoms with Crippen molar-refractivity contribution in [3.05, 3.63) is 51.5 Å². The first-order valence-electron chi connectivity index (χ1n) is 12.1. The fourth-order valence-electron chi connectivity index (χ4n) is 4.90. The number of rotatable bonds is 5. The molecule has 14 heteroatoms. The number of aromatic hydroxyl groups is 1. The highest BCUT2D eigenvalue weighted by Crippen LogP contribution is 2.37. The SMILES string of the molecule is O=C(NCc1cc(F)cc(S(=O)(=O)N2CCNCC2)c1)c1nc2n(c(=O)c1O)CCOC21CCOCC1. The van der Waals surface area contributed by atoms with E-state index in [2.05, 4.69) is 15.6 Å². The van der Waals surface area contributed by atoms with Crippen molar-refractivity contribution in [2.45, 2.75) is 36.4 Å². The lowest BCUT2D eigenvalue weighted by Gasteiger charge is -2.40. The van der Waals surface area contributed by atoms with Gasteiger partial charge in [0.2, 0.25) is 15.8 Å². The third-order valence-electron chi connectivity index (χ3n) is 6.86. The van der Waals surface area contributed by atoms with Gasteiger partial charge in [-0.05, 0) is 23.8 Å². The van der Waals surface area contributed by atoms with Crippen LogP contribution in [0.5, 0.6) is 5.75 Å². The summed E-state index contributed by atoms with van der Waals surface area (Å²) in [5.41, 5.74) is -1.92. The van der Waals surface area contributed by atoms with Crippen LogP contribution in [0.1, 0.15) is 34.7 Å². The van der Waals surface area contributed by atoms with Crippen LogP contribution in [0.3, 0.4) is 0 Å². The highest BCUT2D eigenvalue weighted by atomic mass is 32.2. The minimum atomic E-state index is -3.92. The smallest absolute Gasteiger partial charge is 0.296 e. The van der Waals surface area contributed by atoms with Gasteiger partial charge in [0.1, 0.15) is 17.2 Å². The lowest BCUT2D eigenvalue weighted by molar-refractivity contribution is -0.139. The second-order valence-corrected chi connectivity index (χ2v) is 11.1. The van der Waals surface area contributed by atoms with Crippen molar-refractivity contribution in [3.63, 3.8) is 0 Å². The number of amides is 1. The molecule has 2 saturated heterocycles. The summed E-state index contributed by atoms with van der Waals surface area (Å²) in [6, 6.07) is 3.34. The Morgan fingerprint density at radius 1 is 1.16 bits per heavy atom. The minimum Gasteiger partial charge on any atom is -0.501 e.